The highest BCUT2D eigenvalue weighted by Crippen LogP contribution is 2.16. The van der Waals surface area contributed by atoms with E-state index in [9.17, 15) is 4.39 Å². The van der Waals surface area contributed by atoms with Crippen molar-refractivity contribution in [2.75, 3.05) is 5.73 Å². The van der Waals surface area contributed by atoms with Gasteiger partial charge < -0.3 is 5.73 Å². The third-order valence-corrected chi connectivity index (χ3v) is 2.16. The lowest BCUT2D eigenvalue weighted by molar-refractivity contribution is 0.624. The predicted molar refractivity (Wildman–Crippen MR) is 57.4 cm³/mol. The smallest absolute Gasteiger partial charge is 0.146 e. The summed E-state index contributed by atoms with van der Waals surface area (Å²) in [6.45, 7) is 1.81. The van der Waals surface area contributed by atoms with Crippen LogP contribution >= 0.6 is 0 Å². The first-order chi connectivity index (χ1) is 7.60. The highest BCUT2D eigenvalue weighted by Gasteiger charge is 2.07. The van der Waals surface area contributed by atoms with E-state index in [1.807, 2.05) is 6.07 Å². The van der Waals surface area contributed by atoms with E-state index in [1.54, 1.807) is 19.1 Å². The van der Waals surface area contributed by atoms with Gasteiger partial charge >= 0.3 is 0 Å². The molecule has 0 aliphatic rings. The minimum absolute atomic E-state index is 0.253. The van der Waals surface area contributed by atoms with Gasteiger partial charge in [-0.3, -0.25) is 0 Å². The van der Waals surface area contributed by atoms with Gasteiger partial charge in [0.2, 0.25) is 0 Å². The van der Waals surface area contributed by atoms with Crippen molar-refractivity contribution in [1.82, 2.24) is 9.78 Å². The van der Waals surface area contributed by atoms with Gasteiger partial charge in [0.25, 0.3) is 0 Å². The summed E-state index contributed by atoms with van der Waals surface area (Å²) in [4.78, 5) is 0. The molecule has 1 heterocycles. The molecule has 0 bridgehead atoms. The zero-order valence-electron chi connectivity index (χ0n) is 8.61. The number of hydrogen-bond acceptors (Lipinski definition) is 3. The van der Waals surface area contributed by atoms with Crippen LogP contribution in [0.4, 0.5) is 10.2 Å². The maximum absolute atomic E-state index is 13.2. The second kappa shape index (κ2) is 3.66. The fourth-order valence-corrected chi connectivity index (χ4v) is 1.52. The molecule has 0 saturated carbocycles. The minimum Gasteiger partial charge on any atom is -0.382 e. The van der Waals surface area contributed by atoms with Crippen molar-refractivity contribution in [3.63, 3.8) is 0 Å². The van der Waals surface area contributed by atoms with Crippen LogP contribution in [0, 0.1) is 24.1 Å². The fourth-order valence-electron chi connectivity index (χ4n) is 1.52. The Morgan fingerprint density at radius 3 is 2.69 bits per heavy atom. The van der Waals surface area contributed by atoms with Gasteiger partial charge in [-0.25, -0.2) is 9.07 Å². The van der Waals surface area contributed by atoms with E-state index in [1.165, 1.54) is 16.8 Å². The minimum atomic E-state index is -0.470. The van der Waals surface area contributed by atoms with Crippen LogP contribution in [-0.4, -0.2) is 9.78 Å². The summed E-state index contributed by atoms with van der Waals surface area (Å²) in [5.74, 6) is -0.109. The molecule has 1 aromatic heterocycles. The maximum atomic E-state index is 13.2. The van der Waals surface area contributed by atoms with Gasteiger partial charge in [-0.05, 0) is 25.1 Å². The molecule has 2 N–H and O–H groups in total. The summed E-state index contributed by atoms with van der Waals surface area (Å²) in [6, 6.07) is 7.61. The second-order valence-corrected chi connectivity index (χ2v) is 3.43. The zero-order valence-corrected chi connectivity index (χ0v) is 8.61. The molecule has 2 rings (SSSR count). The van der Waals surface area contributed by atoms with Crippen LogP contribution in [0.3, 0.4) is 0 Å². The second-order valence-electron chi connectivity index (χ2n) is 3.43. The Hall–Kier alpha value is -2.35. The van der Waals surface area contributed by atoms with E-state index in [0.717, 1.165) is 5.69 Å². The summed E-state index contributed by atoms with van der Waals surface area (Å²) in [6.07, 6.45) is 0. The van der Waals surface area contributed by atoms with E-state index in [2.05, 4.69) is 5.10 Å². The number of aryl methyl sites for hydroxylation is 1. The first kappa shape index (κ1) is 10.2. The summed E-state index contributed by atoms with van der Waals surface area (Å²) in [5.41, 5.74) is 7.06. The van der Waals surface area contributed by atoms with Gasteiger partial charge in [0.15, 0.2) is 0 Å². The topological polar surface area (TPSA) is 67.6 Å². The maximum Gasteiger partial charge on any atom is 0.146 e. The normalized spacial score (nSPS) is 10.1. The highest BCUT2D eigenvalue weighted by atomic mass is 19.1. The van der Waals surface area contributed by atoms with Crippen LogP contribution in [0.5, 0.6) is 0 Å². The zero-order chi connectivity index (χ0) is 11.7. The van der Waals surface area contributed by atoms with Crippen molar-refractivity contribution in [1.29, 1.82) is 5.26 Å². The molecule has 0 radical (unpaired) electrons. The number of nitrogen functional groups attached to an aromatic ring is 1. The molecule has 0 fully saturated rings. The number of anilines is 1. The number of nitriles is 1. The molecule has 0 amide bonds. The summed E-state index contributed by atoms with van der Waals surface area (Å²) in [5, 5.41) is 12.8. The molecule has 2 aromatic rings. The van der Waals surface area contributed by atoms with E-state index < -0.39 is 5.82 Å². The first-order valence-electron chi connectivity index (χ1n) is 4.63. The third-order valence-electron chi connectivity index (χ3n) is 2.16. The lowest BCUT2D eigenvalue weighted by atomic mass is 10.2. The Morgan fingerprint density at radius 1 is 1.38 bits per heavy atom. The molecule has 0 spiro atoms. The Bertz CT molecular complexity index is 580. The molecule has 5 heteroatoms. The molecule has 0 aliphatic heterocycles. The SMILES string of the molecule is Cc1cc(N)nn1-c1cc(F)cc(C#N)c1. The molecule has 0 aliphatic carbocycles. The van der Waals surface area contributed by atoms with Crippen LogP contribution in [0.2, 0.25) is 0 Å². The van der Waals surface area contributed by atoms with Gasteiger partial charge in [0, 0.05) is 11.8 Å². The quantitative estimate of drug-likeness (QED) is 0.789. The van der Waals surface area contributed by atoms with E-state index in [-0.39, 0.29) is 5.56 Å². The number of nitrogens with two attached hydrogens (primary N) is 1. The largest absolute Gasteiger partial charge is 0.382 e. The van der Waals surface area contributed by atoms with Gasteiger partial charge in [0.1, 0.15) is 11.6 Å². The van der Waals surface area contributed by atoms with Crippen molar-refractivity contribution >= 4 is 5.82 Å². The number of halogens is 1. The van der Waals surface area contributed by atoms with Gasteiger partial charge in [-0.1, -0.05) is 0 Å². The molecular weight excluding hydrogens is 207 g/mol. The van der Waals surface area contributed by atoms with Gasteiger partial charge in [0.05, 0.1) is 17.3 Å². The van der Waals surface area contributed by atoms with Crippen molar-refractivity contribution in [3.8, 4) is 11.8 Å². The Balaban J connectivity index is 2.60. The lowest BCUT2D eigenvalue weighted by Crippen LogP contribution is -2.00. The van der Waals surface area contributed by atoms with Gasteiger partial charge in [-0.2, -0.15) is 10.4 Å². The number of nitrogens with zero attached hydrogens (tertiary/aromatic N) is 3. The average molecular weight is 216 g/mol. The van der Waals surface area contributed by atoms with Crippen molar-refractivity contribution in [3.05, 3.63) is 41.3 Å². The monoisotopic (exact) mass is 216 g/mol. The third kappa shape index (κ3) is 1.73. The molecule has 4 nitrogen and oxygen atoms in total. The Labute approximate surface area is 91.7 Å². The fraction of sp³-hybridized carbons (Fsp3) is 0.0909. The number of rotatable bonds is 1. The molecule has 0 unspecified atom stereocenters. The van der Waals surface area contributed by atoms with Crippen LogP contribution in [0.25, 0.3) is 5.69 Å². The number of aromatic nitrogens is 2. The molecule has 0 atom stereocenters. The number of hydrogen-bond donors (Lipinski definition) is 1. The molecule has 80 valence electrons. The predicted octanol–water partition coefficient (Wildman–Crippen LogP) is 1.77. The molecule has 0 saturated heterocycles. The number of benzene rings is 1. The van der Waals surface area contributed by atoms with Crippen molar-refractivity contribution in [2.24, 2.45) is 0 Å². The van der Waals surface area contributed by atoms with Crippen molar-refractivity contribution in [2.45, 2.75) is 6.92 Å². The summed E-state index contributed by atoms with van der Waals surface area (Å²) >= 11 is 0. The van der Waals surface area contributed by atoms with Crippen molar-refractivity contribution < 1.29 is 4.39 Å². The molecule has 16 heavy (non-hydrogen) atoms. The Morgan fingerprint density at radius 2 is 2.12 bits per heavy atom. The molecular formula is C11H9FN4. The lowest BCUT2D eigenvalue weighted by Gasteiger charge is -2.04. The Kier molecular flexibility index (Phi) is 2.33. The van der Waals surface area contributed by atoms with Crippen LogP contribution in [0.15, 0.2) is 24.3 Å². The van der Waals surface area contributed by atoms with Crippen LogP contribution in [-0.2, 0) is 0 Å². The van der Waals surface area contributed by atoms with E-state index >= 15 is 0 Å². The van der Waals surface area contributed by atoms with E-state index in [4.69, 9.17) is 11.0 Å². The van der Waals surface area contributed by atoms with Gasteiger partial charge in [-0.15, -0.1) is 0 Å². The standard InChI is InChI=1S/C11H9FN4/c1-7-2-11(14)15-16(7)10-4-8(6-13)3-9(12)5-10/h2-5H,1H3,(H2,14,15). The average Bonchev–Trinajstić information content (AvgIpc) is 2.57. The van der Waals surface area contributed by atoms with Crippen LogP contribution in [0.1, 0.15) is 11.3 Å². The summed E-state index contributed by atoms with van der Waals surface area (Å²) in [7, 11) is 0. The highest BCUT2D eigenvalue weighted by molar-refractivity contribution is 5.44. The molecule has 1 aromatic carbocycles. The van der Waals surface area contributed by atoms with Crippen LogP contribution < -0.4 is 5.73 Å². The first-order valence-corrected chi connectivity index (χ1v) is 4.63. The summed E-state index contributed by atoms with van der Waals surface area (Å²) < 4.78 is 14.7. The van der Waals surface area contributed by atoms with E-state index in [0.29, 0.717) is 11.5 Å².